The second-order valence-corrected chi connectivity index (χ2v) is 8.23. The normalized spacial score (nSPS) is 16.1. The van der Waals surface area contributed by atoms with E-state index in [2.05, 4.69) is 10.1 Å². The van der Waals surface area contributed by atoms with E-state index in [0.717, 1.165) is 32.7 Å². The Morgan fingerprint density at radius 1 is 1.16 bits per heavy atom. The van der Waals surface area contributed by atoms with Gasteiger partial charge in [-0.2, -0.15) is 14.6 Å². The molecule has 0 spiro atoms. The number of aromatic nitrogens is 3. The third kappa shape index (κ3) is 3.66. The van der Waals surface area contributed by atoms with Gasteiger partial charge >= 0.3 is 0 Å². The smallest absolute Gasteiger partial charge is 0.296 e. The molecule has 0 unspecified atom stereocenters. The van der Waals surface area contributed by atoms with Gasteiger partial charge in [0.15, 0.2) is 0 Å². The lowest BCUT2D eigenvalue weighted by Crippen LogP contribution is -2.29. The fourth-order valence-corrected chi connectivity index (χ4v) is 4.32. The third-order valence-electron chi connectivity index (χ3n) is 5.05. The number of hydrogen-bond donors (Lipinski definition) is 0. The Morgan fingerprint density at radius 2 is 1.94 bits per heavy atom. The Kier molecular flexibility index (Phi) is 4.71. The molecule has 0 saturated carbocycles. The van der Waals surface area contributed by atoms with Crippen LogP contribution in [0.2, 0.25) is 0 Å². The zero-order valence-electron chi connectivity index (χ0n) is 16.4. The molecule has 1 aliphatic rings. The summed E-state index contributed by atoms with van der Waals surface area (Å²) >= 11 is 1.11. The minimum Gasteiger partial charge on any atom is -0.485 e. The molecule has 0 amide bonds. The van der Waals surface area contributed by atoms with Crippen molar-refractivity contribution in [3.63, 3.8) is 0 Å². The molecule has 154 valence electrons. The van der Waals surface area contributed by atoms with Crippen molar-refractivity contribution in [1.82, 2.24) is 14.6 Å². The summed E-state index contributed by atoms with van der Waals surface area (Å²) in [6.07, 6.45) is 3.68. The topological polar surface area (TPSA) is 73.6 Å². The molecule has 6 nitrogen and oxygen atoms in total. The van der Waals surface area contributed by atoms with Gasteiger partial charge in [0, 0.05) is 12.0 Å². The summed E-state index contributed by atoms with van der Waals surface area (Å²) in [6, 6.07) is 13.5. The van der Waals surface area contributed by atoms with Crippen molar-refractivity contribution < 1.29 is 9.13 Å². The molecule has 2 aromatic carbocycles. The summed E-state index contributed by atoms with van der Waals surface area (Å²) in [5.41, 5.74) is 1.77. The first kappa shape index (κ1) is 19.3. The van der Waals surface area contributed by atoms with Crippen LogP contribution in [0.25, 0.3) is 17.1 Å². The van der Waals surface area contributed by atoms with Gasteiger partial charge < -0.3 is 4.74 Å². The number of thiazole rings is 1. The van der Waals surface area contributed by atoms with Gasteiger partial charge in [-0.3, -0.25) is 9.59 Å². The predicted octanol–water partition coefficient (Wildman–Crippen LogP) is 2.61. The Hall–Kier alpha value is -3.65. The van der Waals surface area contributed by atoms with Crippen molar-refractivity contribution in [3.8, 4) is 5.75 Å². The van der Waals surface area contributed by atoms with Crippen LogP contribution in [0.4, 0.5) is 4.39 Å². The first-order valence-corrected chi connectivity index (χ1v) is 10.5. The van der Waals surface area contributed by atoms with Gasteiger partial charge in [-0.15, -0.1) is 0 Å². The van der Waals surface area contributed by atoms with Gasteiger partial charge in [0.05, 0.1) is 4.53 Å². The summed E-state index contributed by atoms with van der Waals surface area (Å²) in [4.78, 5) is 29.6. The number of benzene rings is 2. The number of hydrogen-bond acceptors (Lipinski definition) is 6. The molecule has 0 fully saturated rings. The maximum Gasteiger partial charge on any atom is 0.296 e. The highest BCUT2D eigenvalue weighted by Gasteiger charge is 2.18. The molecule has 0 bridgehead atoms. The number of fused-ring (bicyclic) bond motifs is 2. The number of ether oxygens (including phenoxy) is 1. The van der Waals surface area contributed by atoms with E-state index in [1.165, 1.54) is 12.1 Å². The van der Waals surface area contributed by atoms with Gasteiger partial charge in [0.1, 0.15) is 23.4 Å². The zero-order chi connectivity index (χ0) is 21.5. The van der Waals surface area contributed by atoms with Gasteiger partial charge in [-0.05, 0) is 48.4 Å². The molecule has 1 aliphatic heterocycles. The van der Waals surface area contributed by atoms with Crippen molar-refractivity contribution in [1.29, 1.82) is 0 Å². The third-order valence-corrected chi connectivity index (χ3v) is 6.01. The van der Waals surface area contributed by atoms with Gasteiger partial charge in [-0.25, -0.2) is 4.39 Å². The van der Waals surface area contributed by atoms with Crippen molar-refractivity contribution in [2.75, 3.05) is 0 Å². The second-order valence-electron chi connectivity index (χ2n) is 7.22. The molecule has 2 aromatic heterocycles. The SMILES string of the molecule is C[C@H]1Oc2ccccc2C=C1/C=c1\sc2nc(=O)c(Cc3ccc(F)cc3)nn2c1=O. The summed E-state index contributed by atoms with van der Waals surface area (Å²) in [7, 11) is 0. The van der Waals surface area contributed by atoms with E-state index in [-0.39, 0.29) is 34.6 Å². The van der Waals surface area contributed by atoms with Crippen molar-refractivity contribution in [2.24, 2.45) is 0 Å². The summed E-state index contributed by atoms with van der Waals surface area (Å²) in [6.45, 7) is 1.91. The van der Waals surface area contributed by atoms with Crippen LogP contribution in [-0.4, -0.2) is 20.7 Å². The highest BCUT2D eigenvalue weighted by molar-refractivity contribution is 7.15. The van der Waals surface area contributed by atoms with Crippen LogP contribution < -0.4 is 20.4 Å². The van der Waals surface area contributed by atoms with Crippen molar-refractivity contribution in [2.45, 2.75) is 19.4 Å². The minimum atomic E-state index is -0.500. The molecule has 0 saturated heterocycles. The van der Waals surface area contributed by atoms with Crippen LogP contribution in [0.15, 0.2) is 63.7 Å². The van der Waals surface area contributed by atoms with E-state index < -0.39 is 5.56 Å². The van der Waals surface area contributed by atoms with Gasteiger partial charge in [0.2, 0.25) is 4.96 Å². The molecule has 31 heavy (non-hydrogen) atoms. The highest BCUT2D eigenvalue weighted by Crippen LogP contribution is 2.29. The molecule has 0 N–H and O–H groups in total. The average Bonchev–Trinajstić information content (AvgIpc) is 3.05. The first-order chi connectivity index (χ1) is 15.0. The van der Waals surface area contributed by atoms with E-state index in [1.807, 2.05) is 37.3 Å². The van der Waals surface area contributed by atoms with Gasteiger partial charge in [0.25, 0.3) is 11.1 Å². The maximum absolute atomic E-state index is 13.1. The highest BCUT2D eigenvalue weighted by atomic mass is 32.1. The number of nitrogens with zero attached hydrogens (tertiary/aromatic N) is 3. The standard InChI is InChI=1S/C23H16FN3O3S/c1-13-16(11-15-4-2-3-5-19(15)30-13)12-20-22(29)27-23(31-20)25-21(28)18(26-27)10-14-6-8-17(24)9-7-14/h2-9,11-13H,10H2,1H3/b20-12-/t13-/m1/s1. The fourth-order valence-electron chi connectivity index (χ4n) is 3.42. The monoisotopic (exact) mass is 433 g/mol. The molecule has 0 aliphatic carbocycles. The van der Waals surface area contributed by atoms with E-state index in [1.54, 1.807) is 18.2 Å². The molecular weight excluding hydrogens is 417 g/mol. The lowest BCUT2D eigenvalue weighted by Gasteiger charge is -2.22. The lowest BCUT2D eigenvalue weighted by atomic mass is 10.0. The van der Waals surface area contributed by atoms with Crippen LogP contribution in [0, 0.1) is 5.82 Å². The molecule has 3 heterocycles. The van der Waals surface area contributed by atoms with Crippen molar-refractivity contribution in [3.05, 3.63) is 102 Å². The quantitative estimate of drug-likeness (QED) is 0.497. The van der Waals surface area contributed by atoms with Gasteiger partial charge in [-0.1, -0.05) is 41.7 Å². The Morgan fingerprint density at radius 3 is 2.74 bits per heavy atom. The molecular formula is C23H16FN3O3S. The zero-order valence-corrected chi connectivity index (χ0v) is 17.2. The van der Waals surface area contributed by atoms with E-state index in [9.17, 15) is 14.0 Å². The van der Waals surface area contributed by atoms with Crippen LogP contribution in [-0.2, 0) is 6.42 Å². The molecule has 1 atom stereocenters. The van der Waals surface area contributed by atoms with E-state index >= 15 is 0 Å². The number of para-hydroxylation sites is 1. The van der Waals surface area contributed by atoms with Crippen LogP contribution >= 0.6 is 11.3 Å². The van der Waals surface area contributed by atoms with E-state index in [0.29, 0.717) is 10.1 Å². The first-order valence-electron chi connectivity index (χ1n) is 9.64. The molecule has 0 radical (unpaired) electrons. The molecule has 8 heteroatoms. The fraction of sp³-hybridized carbons (Fsp3) is 0.130. The molecule has 5 rings (SSSR count). The Labute approximate surface area is 179 Å². The largest absolute Gasteiger partial charge is 0.485 e. The maximum atomic E-state index is 13.1. The predicted molar refractivity (Wildman–Crippen MR) is 117 cm³/mol. The summed E-state index contributed by atoms with van der Waals surface area (Å²) in [5.74, 6) is 0.435. The number of rotatable bonds is 3. The summed E-state index contributed by atoms with van der Waals surface area (Å²) in [5, 5.41) is 4.24. The summed E-state index contributed by atoms with van der Waals surface area (Å²) < 4.78 is 20.6. The van der Waals surface area contributed by atoms with Crippen molar-refractivity contribution >= 4 is 28.4 Å². The van der Waals surface area contributed by atoms with Crippen LogP contribution in [0.3, 0.4) is 0 Å². The Bertz CT molecular complexity index is 1510. The minimum absolute atomic E-state index is 0.132. The lowest BCUT2D eigenvalue weighted by molar-refractivity contribution is 0.259. The average molecular weight is 433 g/mol. The Balaban J connectivity index is 1.58. The van der Waals surface area contributed by atoms with Crippen LogP contribution in [0.5, 0.6) is 5.75 Å². The van der Waals surface area contributed by atoms with Crippen LogP contribution in [0.1, 0.15) is 23.7 Å². The second kappa shape index (κ2) is 7.55. The van der Waals surface area contributed by atoms with E-state index in [4.69, 9.17) is 4.74 Å². The number of halogens is 1. The molecule has 4 aromatic rings.